The van der Waals surface area contributed by atoms with Crippen LogP contribution in [0.1, 0.15) is 80.9 Å². The third-order valence-electron chi connectivity index (χ3n) is 7.87. The zero-order chi connectivity index (χ0) is 17.8. The Morgan fingerprint density at radius 3 is 2.08 bits per heavy atom. The van der Waals surface area contributed by atoms with Gasteiger partial charge in [0.15, 0.2) is 0 Å². The van der Waals surface area contributed by atoms with E-state index in [4.69, 9.17) is 9.47 Å². The molecule has 2 aliphatic heterocycles. The van der Waals surface area contributed by atoms with Crippen molar-refractivity contribution in [1.82, 2.24) is 0 Å². The second-order valence-electron chi connectivity index (χ2n) is 9.25. The molecule has 8 unspecified atom stereocenters. The summed E-state index contributed by atoms with van der Waals surface area (Å²) in [7, 11) is 3.83. The number of hydrogen-bond donors (Lipinski definition) is 0. The van der Waals surface area contributed by atoms with Gasteiger partial charge in [-0.05, 0) is 84.9 Å². The topological polar surface area (TPSA) is 25.1 Å². The van der Waals surface area contributed by atoms with Gasteiger partial charge in [0.05, 0.1) is 24.4 Å². The van der Waals surface area contributed by atoms with Gasteiger partial charge in [0.2, 0.25) is 0 Å². The number of epoxide rings is 2. The summed E-state index contributed by atoms with van der Waals surface area (Å²) >= 11 is 0. The van der Waals surface area contributed by atoms with E-state index in [-0.39, 0.29) is 0 Å². The number of benzene rings is 1. The first-order valence-electron chi connectivity index (χ1n) is 10.7. The predicted molar refractivity (Wildman–Crippen MR) is 105 cm³/mol. The van der Waals surface area contributed by atoms with Crippen LogP contribution in [0.2, 0.25) is 0 Å². The highest BCUT2D eigenvalue weighted by molar-refractivity contribution is 6.08. The smallest absolute Gasteiger partial charge is 0.0844 e. The molecule has 4 fully saturated rings. The van der Waals surface area contributed by atoms with Crippen molar-refractivity contribution in [1.29, 1.82) is 0 Å². The van der Waals surface area contributed by atoms with E-state index >= 15 is 0 Å². The van der Waals surface area contributed by atoms with Crippen LogP contribution < -0.4 is 0 Å². The lowest BCUT2D eigenvalue weighted by molar-refractivity contribution is 0.319. The fourth-order valence-corrected chi connectivity index (χ4v) is 6.32. The van der Waals surface area contributed by atoms with Crippen molar-refractivity contribution in [2.75, 3.05) is 0 Å². The van der Waals surface area contributed by atoms with Gasteiger partial charge in [-0.25, -0.2) is 0 Å². The van der Waals surface area contributed by atoms with Crippen molar-refractivity contribution < 1.29 is 9.47 Å². The van der Waals surface area contributed by atoms with Crippen LogP contribution in [0, 0.1) is 11.8 Å². The summed E-state index contributed by atoms with van der Waals surface area (Å²) in [5.74, 6) is 2.80. The highest BCUT2D eigenvalue weighted by Crippen LogP contribution is 2.49. The van der Waals surface area contributed by atoms with Crippen LogP contribution in [-0.2, 0) is 15.5 Å². The third kappa shape index (κ3) is 3.10. The molecule has 2 aliphatic carbocycles. The van der Waals surface area contributed by atoms with E-state index in [1.807, 2.05) is 0 Å². The molecule has 0 N–H and O–H groups in total. The van der Waals surface area contributed by atoms with Crippen molar-refractivity contribution in [3.8, 4) is 0 Å². The molecule has 0 aromatic heterocycles. The SMILES string of the molecule is CC(c1cccc(C[Si])c1C(C)C1CCC2OC2C1)C1CCC2OC2C1. The van der Waals surface area contributed by atoms with Gasteiger partial charge in [0.25, 0.3) is 0 Å². The first-order chi connectivity index (χ1) is 12.7. The van der Waals surface area contributed by atoms with Gasteiger partial charge >= 0.3 is 0 Å². The molecular weight excluding hydrogens is 336 g/mol. The third-order valence-corrected chi connectivity index (χ3v) is 8.25. The molecular formula is C23H31O2Si. The largest absolute Gasteiger partial charge is 0.370 e. The molecule has 8 atom stereocenters. The lowest BCUT2D eigenvalue weighted by Gasteiger charge is -2.33. The van der Waals surface area contributed by atoms with Crippen LogP contribution in [0.15, 0.2) is 18.2 Å². The maximum Gasteiger partial charge on any atom is 0.0844 e. The second-order valence-corrected chi connectivity index (χ2v) is 9.60. The van der Waals surface area contributed by atoms with E-state index in [2.05, 4.69) is 42.3 Å². The summed E-state index contributed by atoms with van der Waals surface area (Å²) in [4.78, 5) is 0. The second kappa shape index (κ2) is 6.75. The van der Waals surface area contributed by atoms with Crippen LogP contribution in [0.3, 0.4) is 0 Å². The Labute approximate surface area is 161 Å². The zero-order valence-corrected chi connectivity index (χ0v) is 17.1. The van der Waals surface area contributed by atoms with Gasteiger partial charge in [0.1, 0.15) is 0 Å². The Kier molecular flexibility index (Phi) is 4.53. The van der Waals surface area contributed by atoms with E-state index in [1.165, 1.54) is 44.1 Å². The molecule has 1 aromatic rings. The Morgan fingerprint density at radius 2 is 1.50 bits per heavy atom. The van der Waals surface area contributed by atoms with Crippen molar-refractivity contribution in [3.63, 3.8) is 0 Å². The van der Waals surface area contributed by atoms with Gasteiger partial charge < -0.3 is 9.47 Å². The van der Waals surface area contributed by atoms with Crippen LogP contribution in [0.4, 0.5) is 0 Å². The van der Waals surface area contributed by atoms with Crippen molar-refractivity contribution in [3.05, 3.63) is 34.9 Å². The molecule has 139 valence electrons. The van der Waals surface area contributed by atoms with Crippen LogP contribution >= 0.6 is 0 Å². The quantitative estimate of drug-likeness (QED) is 0.557. The molecule has 0 bridgehead atoms. The monoisotopic (exact) mass is 367 g/mol. The Bertz CT molecular complexity index is 674. The average Bonchev–Trinajstić information content (AvgIpc) is 3.58. The van der Waals surface area contributed by atoms with E-state index in [1.54, 1.807) is 11.1 Å². The highest BCUT2D eigenvalue weighted by Gasteiger charge is 2.47. The predicted octanol–water partition coefficient (Wildman–Crippen LogP) is 4.70. The van der Waals surface area contributed by atoms with E-state index in [0.29, 0.717) is 36.3 Å². The molecule has 4 aliphatic rings. The molecule has 1 aromatic carbocycles. The standard InChI is InChI=1S/C23H31O2Si/c1-13(15-6-8-19-21(10-15)24-19)18-5-3-4-17(12-26)23(18)14(2)16-7-9-20-22(11-16)25-20/h3-5,13-16,19-22H,6-12H2,1-2H3. The summed E-state index contributed by atoms with van der Waals surface area (Å²) < 4.78 is 11.6. The van der Waals surface area contributed by atoms with Gasteiger partial charge in [-0.3, -0.25) is 0 Å². The summed E-state index contributed by atoms with van der Waals surface area (Å²) in [6.07, 6.45) is 10.0. The van der Waals surface area contributed by atoms with Gasteiger partial charge in [-0.15, -0.1) is 0 Å². The van der Waals surface area contributed by atoms with Gasteiger partial charge in [0, 0.05) is 10.2 Å². The van der Waals surface area contributed by atoms with Gasteiger partial charge in [-0.2, -0.15) is 0 Å². The highest BCUT2D eigenvalue weighted by atomic mass is 28.1. The van der Waals surface area contributed by atoms with Gasteiger partial charge in [-0.1, -0.05) is 32.0 Å². The molecule has 3 heteroatoms. The van der Waals surface area contributed by atoms with Crippen LogP contribution in [-0.4, -0.2) is 34.7 Å². The lowest BCUT2D eigenvalue weighted by Crippen LogP contribution is -2.24. The fraction of sp³-hybridized carbons (Fsp3) is 0.739. The Balaban J connectivity index is 1.42. The molecule has 0 spiro atoms. The minimum atomic E-state index is 0.565. The summed E-state index contributed by atoms with van der Waals surface area (Å²) in [5.41, 5.74) is 4.74. The molecule has 3 radical (unpaired) electrons. The minimum absolute atomic E-state index is 0.565. The summed E-state index contributed by atoms with van der Waals surface area (Å²) in [5, 5.41) is 0. The molecule has 5 rings (SSSR count). The normalized spacial score (nSPS) is 40.3. The number of ether oxygens (including phenoxy) is 2. The first-order valence-corrected chi connectivity index (χ1v) is 11.4. The first kappa shape index (κ1) is 17.5. The van der Waals surface area contributed by atoms with Crippen molar-refractivity contribution >= 4 is 10.2 Å². The van der Waals surface area contributed by atoms with Crippen molar-refractivity contribution in [2.45, 2.75) is 94.7 Å². The molecule has 0 amide bonds. The maximum atomic E-state index is 5.82. The molecule has 2 nitrogen and oxygen atoms in total. The molecule has 26 heavy (non-hydrogen) atoms. The number of fused-ring (bicyclic) bond motifs is 2. The van der Waals surface area contributed by atoms with Crippen LogP contribution in [0.25, 0.3) is 0 Å². The van der Waals surface area contributed by atoms with E-state index in [9.17, 15) is 0 Å². The molecule has 2 saturated carbocycles. The summed E-state index contributed by atoms with van der Waals surface area (Å²) in [6, 6.07) is 7.97. The van der Waals surface area contributed by atoms with E-state index < -0.39 is 0 Å². The fourth-order valence-electron chi connectivity index (χ4n) is 6.01. The van der Waals surface area contributed by atoms with Crippen molar-refractivity contribution in [2.24, 2.45) is 11.8 Å². The average molecular weight is 368 g/mol. The summed E-state index contributed by atoms with van der Waals surface area (Å²) in [6.45, 7) is 4.95. The minimum Gasteiger partial charge on any atom is -0.370 e. The number of hydrogen-bond acceptors (Lipinski definition) is 2. The lowest BCUT2D eigenvalue weighted by atomic mass is 9.71. The Hall–Kier alpha value is -0.643. The molecule has 2 saturated heterocycles. The Morgan fingerprint density at radius 1 is 0.885 bits per heavy atom. The number of rotatable bonds is 5. The van der Waals surface area contributed by atoms with E-state index in [0.717, 1.165) is 17.9 Å². The molecule has 2 heterocycles. The maximum absolute atomic E-state index is 5.82. The van der Waals surface area contributed by atoms with Crippen LogP contribution in [0.5, 0.6) is 0 Å². The zero-order valence-electron chi connectivity index (χ0n) is 16.1.